The fraction of sp³-hybridized carbons (Fsp3) is 0.455. The Labute approximate surface area is 97.6 Å². The number of aliphatic carboxylic acids is 1. The van der Waals surface area contributed by atoms with Crippen LogP contribution in [0, 0.1) is 12.8 Å². The fourth-order valence-electron chi connectivity index (χ4n) is 1.75. The molecule has 0 saturated carbocycles. The zero-order valence-electron chi connectivity index (χ0n) is 9.30. The van der Waals surface area contributed by atoms with E-state index in [2.05, 4.69) is 5.32 Å². The van der Waals surface area contributed by atoms with Crippen molar-refractivity contribution in [2.24, 2.45) is 5.92 Å². The van der Waals surface area contributed by atoms with Gasteiger partial charge in [0.05, 0.1) is 24.8 Å². The highest BCUT2D eigenvalue weighted by molar-refractivity contribution is 5.94. The van der Waals surface area contributed by atoms with E-state index in [1.165, 1.54) is 6.26 Å². The van der Waals surface area contributed by atoms with Crippen molar-refractivity contribution in [1.82, 2.24) is 5.32 Å². The third kappa shape index (κ3) is 2.47. The third-order valence-electron chi connectivity index (χ3n) is 2.71. The van der Waals surface area contributed by atoms with Crippen molar-refractivity contribution in [3.8, 4) is 0 Å². The van der Waals surface area contributed by atoms with E-state index >= 15 is 0 Å². The molecule has 0 aliphatic carbocycles. The van der Waals surface area contributed by atoms with Crippen LogP contribution in [-0.4, -0.2) is 36.2 Å². The largest absolute Gasteiger partial charge is 0.481 e. The van der Waals surface area contributed by atoms with Crippen LogP contribution in [0.2, 0.25) is 0 Å². The van der Waals surface area contributed by atoms with Crippen molar-refractivity contribution >= 4 is 11.9 Å². The zero-order chi connectivity index (χ0) is 12.4. The minimum absolute atomic E-state index is 0.130. The van der Waals surface area contributed by atoms with Crippen molar-refractivity contribution < 1.29 is 23.8 Å². The van der Waals surface area contributed by atoms with Crippen molar-refractivity contribution in [3.63, 3.8) is 0 Å². The van der Waals surface area contributed by atoms with E-state index in [0.717, 1.165) is 0 Å². The summed E-state index contributed by atoms with van der Waals surface area (Å²) in [5, 5.41) is 11.6. The van der Waals surface area contributed by atoms with Crippen LogP contribution in [0.4, 0.5) is 0 Å². The van der Waals surface area contributed by atoms with Crippen molar-refractivity contribution in [2.75, 3.05) is 13.2 Å². The molecule has 1 aliphatic rings. The normalized spacial score (nSPS) is 23.6. The first-order valence-corrected chi connectivity index (χ1v) is 5.24. The van der Waals surface area contributed by atoms with Crippen LogP contribution in [0.25, 0.3) is 0 Å². The van der Waals surface area contributed by atoms with Gasteiger partial charge in [0.1, 0.15) is 17.9 Å². The molecule has 0 radical (unpaired) electrons. The number of carboxylic acid groups (broad SMARTS) is 1. The average molecular weight is 239 g/mol. The summed E-state index contributed by atoms with van der Waals surface area (Å²) < 4.78 is 10.1. The molecule has 1 aliphatic heterocycles. The molecular formula is C11H13NO5. The molecule has 17 heavy (non-hydrogen) atoms. The van der Waals surface area contributed by atoms with Gasteiger partial charge in [-0.3, -0.25) is 9.59 Å². The van der Waals surface area contributed by atoms with Gasteiger partial charge in [-0.2, -0.15) is 0 Å². The van der Waals surface area contributed by atoms with Crippen molar-refractivity contribution in [2.45, 2.75) is 13.0 Å². The predicted molar refractivity (Wildman–Crippen MR) is 56.6 cm³/mol. The summed E-state index contributed by atoms with van der Waals surface area (Å²) in [7, 11) is 0. The average Bonchev–Trinajstić information content (AvgIpc) is 2.86. The zero-order valence-corrected chi connectivity index (χ0v) is 9.30. The van der Waals surface area contributed by atoms with Gasteiger partial charge in [0.15, 0.2) is 0 Å². The van der Waals surface area contributed by atoms with E-state index in [0.29, 0.717) is 11.3 Å². The van der Waals surface area contributed by atoms with E-state index in [9.17, 15) is 9.59 Å². The maximum absolute atomic E-state index is 11.8. The molecule has 92 valence electrons. The molecule has 6 nitrogen and oxygen atoms in total. The smallest absolute Gasteiger partial charge is 0.311 e. The number of aryl methyl sites for hydroxylation is 1. The second-order valence-electron chi connectivity index (χ2n) is 4.01. The van der Waals surface area contributed by atoms with Gasteiger partial charge in [-0.25, -0.2) is 0 Å². The van der Waals surface area contributed by atoms with Gasteiger partial charge >= 0.3 is 5.97 Å². The predicted octanol–water partition coefficient (Wildman–Crippen LogP) is 0.417. The standard InChI is InChI=1S/C11H13NO5/c1-6-2-7(3-17-6)10(13)12-9-5-16-4-8(9)11(14)15/h2-3,8-9H,4-5H2,1H3,(H,12,13)(H,14,15). The lowest BCUT2D eigenvalue weighted by Gasteiger charge is -2.14. The first-order valence-electron chi connectivity index (χ1n) is 5.24. The summed E-state index contributed by atoms with van der Waals surface area (Å²) in [5.74, 6) is -1.36. The number of hydrogen-bond acceptors (Lipinski definition) is 4. The van der Waals surface area contributed by atoms with Crippen molar-refractivity contribution in [3.05, 3.63) is 23.7 Å². The molecule has 1 aromatic rings. The summed E-state index contributed by atoms with van der Waals surface area (Å²) in [6, 6.07) is 1.11. The topological polar surface area (TPSA) is 88.8 Å². The van der Waals surface area contributed by atoms with Gasteiger partial charge in [-0.1, -0.05) is 0 Å². The first-order chi connectivity index (χ1) is 8.08. The van der Waals surface area contributed by atoms with Gasteiger partial charge < -0.3 is 19.6 Å². The molecule has 1 saturated heterocycles. The van der Waals surface area contributed by atoms with Gasteiger partial charge in [-0.05, 0) is 13.0 Å². The van der Waals surface area contributed by atoms with E-state index in [4.69, 9.17) is 14.3 Å². The highest BCUT2D eigenvalue weighted by Gasteiger charge is 2.35. The molecule has 2 rings (SSSR count). The number of carbonyl (C=O) groups is 2. The maximum Gasteiger partial charge on any atom is 0.311 e. The van der Waals surface area contributed by atoms with E-state index in [-0.39, 0.29) is 19.1 Å². The molecule has 1 aromatic heterocycles. The second-order valence-corrected chi connectivity index (χ2v) is 4.01. The summed E-state index contributed by atoms with van der Waals surface area (Å²) in [6.45, 7) is 2.08. The van der Waals surface area contributed by atoms with Gasteiger partial charge in [0, 0.05) is 0 Å². The van der Waals surface area contributed by atoms with Crippen LogP contribution >= 0.6 is 0 Å². The number of ether oxygens (including phenoxy) is 1. The molecule has 6 heteroatoms. The van der Waals surface area contributed by atoms with Crippen LogP contribution < -0.4 is 5.32 Å². The summed E-state index contributed by atoms with van der Waals surface area (Å²) >= 11 is 0. The highest BCUT2D eigenvalue weighted by Crippen LogP contribution is 2.15. The Hall–Kier alpha value is -1.82. The molecule has 1 amide bonds. The second kappa shape index (κ2) is 4.58. The van der Waals surface area contributed by atoms with Gasteiger partial charge in [0.25, 0.3) is 5.91 Å². The van der Waals surface area contributed by atoms with E-state index < -0.39 is 17.9 Å². The lowest BCUT2D eigenvalue weighted by Crippen LogP contribution is -2.42. The number of rotatable bonds is 3. The van der Waals surface area contributed by atoms with E-state index in [1.54, 1.807) is 13.0 Å². The monoisotopic (exact) mass is 239 g/mol. The maximum atomic E-state index is 11.8. The van der Waals surface area contributed by atoms with Crippen LogP contribution in [0.5, 0.6) is 0 Å². The molecule has 0 spiro atoms. The Kier molecular flexibility index (Phi) is 3.14. The van der Waals surface area contributed by atoms with Crippen molar-refractivity contribution in [1.29, 1.82) is 0 Å². The number of furan rings is 1. The Bertz CT molecular complexity index is 439. The SMILES string of the molecule is Cc1cc(C(=O)NC2COCC2C(=O)O)co1. The lowest BCUT2D eigenvalue weighted by atomic mass is 10.0. The van der Waals surface area contributed by atoms with Crippen LogP contribution in [0.1, 0.15) is 16.1 Å². The summed E-state index contributed by atoms with van der Waals surface area (Å²) in [5.41, 5.74) is 0.388. The van der Waals surface area contributed by atoms with Crippen LogP contribution in [0.15, 0.2) is 16.7 Å². The number of nitrogens with one attached hydrogen (secondary N) is 1. The number of carboxylic acids is 1. The molecule has 2 unspecified atom stereocenters. The number of amides is 1. The Morgan fingerprint density at radius 1 is 1.47 bits per heavy atom. The Morgan fingerprint density at radius 3 is 2.82 bits per heavy atom. The molecule has 2 heterocycles. The molecule has 0 aromatic carbocycles. The fourth-order valence-corrected chi connectivity index (χ4v) is 1.75. The lowest BCUT2D eigenvalue weighted by molar-refractivity contribution is -0.142. The molecule has 2 atom stereocenters. The minimum Gasteiger partial charge on any atom is -0.481 e. The van der Waals surface area contributed by atoms with Gasteiger partial charge in [-0.15, -0.1) is 0 Å². The molecule has 0 bridgehead atoms. The molecule has 2 N–H and O–H groups in total. The minimum atomic E-state index is -0.962. The highest BCUT2D eigenvalue weighted by atomic mass is 16.5. The number of carbonyl (C=O) groups excluding carboxylic acids is 1. The quantitative estimate of drug-likeness (QED) is 0.797. The molecule has 1 fully saturated rings. The van der Waals surface area contributed by atoms with E-state index in [1.807, 2.05) is 0 Å². The van der Waals surface area contributed by atoms with Gasteiger partial charge in [0.2, 0.25) is 0 Å². The Balaban J connectivity index is 2.01. The summed E-state index contributed by atoms with van der Waals surface area (Å²) in [4.78, 5) is 22.6. The molecular weight excluding hydrogens is 226 g/mol. The van der Waals surface area contributed by atoms with Crippen LogP contribution in [-0.2, 0) is 9.53 Å². The Morgan fingerprint density at radius 2 is 2.24 bits per heavy atom. The third-order valence-corrected chi connectivity index (χ3v) is 2.71. The van der Waals surface area contributed by atoms with Crippen LogP contribution in [0.3, 0.4) is 0 Å². The number of hydrogen-bond donors (Lipinski definition) is 2. The first kappa shape index (κ1) is 11.7. The summed E-state index contributed by atoms with van der Waals surface area (Å²) in [6.07, 6.45) is 1.34.